The molecule has 1 N–H and O–H groups in total. The standard InChI is InChI=1S/C13H16N2O2/c1-17-8-7-15-13(16)9-12(10-14)11-5-3-2-4-6-11/h2-6,12H,7-9H2,1H3,(H,15,16). The zero-order valence-electron chi connectivity index (χ0n) is 9.85. The maximum absolute atomic E-state index is 11.5. The molecule has 0 aromatic heterocycles. The summed E-state index contributed by atoms with van der Waals surface area (Å²) >= 11 is 0. The fraction of sp³-hybridized carbons (Fsp3) is 0.385. The molecular weight excluding hydrogens is 216 g/mol. The lowest BCUT2D eigenvalue weighted by atomic mass is 9.97. The first kappa shape index (κ1) is 13.2. The van der Waals surface area contributed by atoms with E-state index in [1.807, 2.05) is 30.3 Å². The Balaban J connectivity index is 2.48. The molecule has 0 saturated carbocycles. The molecule has 0 aliphatic heterocycles. The molecule has 0 aliphatic rings. The van der Waals surface area contributed by atoms with E-state index in [1.165, 1.54) is 0 Å². The fourth-order valence-electron chi connectivity index (χ4n) is 1.47. The third-order valence-electron chi connectivity index (χ3n) is 2.38. The first-order valence-electron chi connectivity index (χ1n) is 5.48. The van der Waals surface area contributed by atoms with Gasteiger partial charge < -0.3 is 10.1 Å². The number of ether oxygens (including phenoxy) is 1. The summed E-state index contributed by atoms with van der Waals surface area (Å²) in [7, 11) is 1.58. The molecule has 0 spiro atoms. The molecular formula is C13H16N2O2. The normalized spacial score (nSPS) is 11.5. The molecule has 0 fully saturated rings. The van der Waals surface area contributed by atoms with E-state index >= 15 is 0 Å². The molecule has 0 saturated heterocycles. The second kappa shape index (κ2) is 7.42. The van der Waals surface area contributed by atoms with Gasteiger partial charge in [-0.25, -0.2) is 0 Å². The van der Waals surface area contributed by atoms with Gasteiger partial charge in [-0.05, 0) is 5.56 Å². The highest BCUT2D eigenvalue weighted by Crippen LogP contribution is 2.17. The van der Waals surface area contributed by atoms with Gasteiger partial charge in [0.05, 0.1) is 18.6 Å². The molecule has 4 nitrogen and oxygen atoms in total. The number of carbonyl (C=O) groups excluding carboxylic acids is 1. The van der Waals surface area contributed by atoms with Crippen LogP contribution in [0.15, 0.2) is 30.3 Å². The first-order chi connectivity index (χ1) is 8.27. The summed E-state index contributed by atoms with van der Waals surface area (Å²) in [6.45, 7) is 0.955. The van der Waals surface area contributed by atoms with Gasteiger partial charge in [0.2, 0.25) is 5.91 Å². The zero-order chi connectivity index (χ0) is 12.5. The molecule has 17 heavy (non-hydrogen) atoms. The van der Waals surface area contributed by atoms with Crippen molar-refractivity contribution in [1.82, 2.24) is 5.32 Å². The third kappa shape index (κ3) is 4.66. The number of carbonyl (C=O) groups is 1. The minimum Gasteiger partial charge on any atom is -0.383 e. The minimum atomic E-state index is -0.390. The van der Waals surface area contributed by atoms with Crippen LogP contribution in [0.5, 0.6) is 0 Å². The van der Waals surface area contributed by atoms with Gasteiger partial charge >= 0.3 is 0 Å². The van der Waals surface area contributed by atoms with Gasteiger partial charge in [0.15, 0.2) is 0 Å². The molecule has 1 rings (SSSR count). The summed E-state index contributed by atoms with van der Waals surface area (Å²) in [5, 5.41) is 11.7. The maximum Gasteiger partial charge on any atom is 0.221 e. The van der Waals surface area contributed by atoms with E-state index < -0.39 is 5.92 Å². The highest BCUT2D eigenvalue weighted by atomic mass is 16.5. The third-order valence-corrected chi connectivity index (χ3v) is 2.38. The summed E-state index contributed by atoms with van der Waals surface area (Å²) in [6.07, 6.45) is 0.185. The first-order valence-corrected chi connectivity index (χ1v) is 5.48. The van der Waals surface area contributed by atoms with Crippen molar-refractivity contribution in [2.75, 3.05) is 20.3 Å². The average molecular weight is 232 g/mol. The number of nitrogens with zero attached hydrogens (tertiary/aromatic N) is 1. The van der Waals surface area contributed by atoms with Crippen LogP contribution < -0.4 is 5.32 Å². The fourth-order valence-corrected chi connectivity index (χ4v) is 1.47. The Morgan fingerprint density at radius 3 is 2.76 bits per heavy atom. The van der Waals surface area contributed by atoms with Gasteiger partial charge in [-0.1, -0.05) is 30.3 Å². The molecule has 0 bridgehead atoms. The van der Waals surface area contributed by atoms with Crippen LogP contribution in [0.25, 0.3) is 0 Å². The predicted octanol–water partition coefficient (Wildman–Crippen LogP) is 1.45. The van der Waals surface area contributed by atoms with Gasteiger partial charge in [-0.3, -0.25) is 4.79 Å². The summed E-state index contributed by atoms with van der Waals surface area (Å²) in [4.78, 5) is 11.5. The minimum absolute atomic E-state index is 0.127. The molecule has 1 aromatic carbocycles. The van der Waals surface area contributed by atoms with Crippen molar-refractivity contribution < 1.29 is 9.53 Å². The van der Waals surface area contributed by atoms with Gasteiger partial charge in [-0.15, -0.1) is 0 Å². The number of benzene rings is 1. The van der Waals surface area contributed by atoms with Crippen LogP contribution in [0.3, 0.4) is 0 Å². The number of amides is 1. The average Bonchev–Trinajstić information content (AvgIpc) is 2.37. The van der Waals surface area contributed by atoms with E-state index in [0.29, 0.717) is 13.2 Å². The van der Waals surface area contributed by atoms with Crippen LogP contribution in [0, 0.1) is 11.3 Å². The van der Waals surface area contributed by atoms with E-state index in [1.54, 1.807) is 7.11 Å². The Morgan fingerprint density at radius 2 is 2.18 bits per heavy atom. The van der Waals surface area contributed by atoms with Crippen LogP contribution >= 0.6 is 0 Å². The molecule has 1 aromatic rings. The van der Waals surface area contributed by atoms with Crippen molar-refractivity contribution in [2.24, 2.45) is 0 Å². The Morgan fingerprint density at radius 1 is 1.47 bits per heavy atom. The number of rotatable bonds is 6. The largest absolute Gasteiger partial charge is 0.383 e. The van der Waals surface area contributed by atoms with Crippen LogP contribution in [-0.2, 0) is 9.53 Å². The van der Waals surface area contributed by atoms with Crippen LogP contribution in [0.2, 0.25) is 0 Å². The number of methoxy groups -OCH3 is 1. The predicted molar refractivity (Wildman–Crippen MR) is 64.3 cm³/mol. The Hall–Kier alpha value is -1.86. The zero-order valence-corrected chi connectivity index (χ0v) is 9.85. The highest BCUT2D eigenvalue weighted by molar-refractivity contribution is 5.77. The molecule has 0 radical (unpaired) electrons. The number of nitriles is 1. The van der Waals surface area contributed by atoms with Gasteiger partial charge in [0.25, 0.3) is 0 Å². The summed E-state index contributed by atoms with van der Waals surface area (Å²) < 4.78 is 4.83. The lowest BCUT2D eigenvalue weighted by Gasteiger charge is -2.09. The van der Waals surface area contributed by atoms with E-state index in [0.717, 1.165) is 5.56 Å². The Kier molecular flexibility index (Phi) is 5.76. The van der Waals surface area contributed by atoms with Crippen LogP contribution in [-0.4, -0.2) is 26.2 Å². The summed E-state index contributed by atoms with van der Waals surface area (Å²) in [5.41, 5.74) is 0.872. The maximum atomic E-state index is 11.5. The van der Waals surface area contributed by atoms with E-state index in [4.69, 9.17) is 10.00 Å². The molecule has 4 heteroatoms. The lowest BCUT2D eigenvalue weighted by molar-refractivity contribution is -0.121. The Bertz CT molecular complexity index is 384. The molecule has 1 unspecified atom stereocenters. The van der Waals surface area contributed by atoms with Crippen LogP contribution in [0.4, 0.5) is 0 Å². The van der Waals surface area contributed by atoms with E-state index in [2.05, 4.69) is 11.4 Å². The molecule has 90 valence electrons. The van der Waals surface area contributed by atoms with Gasteiger partial charge in [0, 0.05) is 20.1 Å². The highest BCUT2D eigenvalue weighted by Gasteiger charge is 2.14. The topological polar surface area (TPSA) is 62.1 Å². The molecule has 0 aliphatic carbocycles. The lowest BCUT2D eigenvalue weighted by Crippen LogP contribution is -2.28. The number of hydrogen-bond donors (Lipinski definition) is 1. The number of nitrogens with one attached hydrogen (secondary N) is 1. The van der Waals surface area contributed by atoms with Crippen molar-refractivity contribution in [3.63, 3.8) is 0 Å². The van der Waals surface area contributed by atoms with E-state index in [-0.39, 0.29) is 12.3 Å². The molecule has 1 amide bonds. The molecule has 1 atom stereocenters. The monoisotopic (exact) mass is 232 g/mol. The summed E-state index contributed by atoms with van der Waals surface area (Å²) in [6, 6.07) is 11.5. The van der Waals surface area contributed by atoms with Gasteiger partial charge in [-0.2, -0.15) is 5.26 Å². The Labute approximate surface area is 101 Å². The SMILES string of the molecule is COCCNC(=O)CC(C#N)c1ccccc1. The van der Waals surface area contributed by atoms with Crippen molar-refractivity contribution in [1.29, 1.82) is 5.26 Å². The van der Waals surface area contributed by atoms with Crippen molar-refractivity contribution in [3.05, 3.63) is 35.9 Å². The quantitative estimate of drug-likeness (QED) is 0.755. The summed E-state index contributed by atoms with van der Waals surface area (Å²) in [5.74, 6) is -0.517. The van der Waals surface area contributed by atoms with Crippen molar-refractivity contribution in [2.45, 2.75) is 12.3 Å². The second-order valence-electron chi connectivity index (χ2n) is 3.64. The number of hydrogen-bond acceptors (Lipinski definition) is 3. The smallest absolute Gasteiger partial charge is 0.221 e. The van der Waals surface area contributed by atoms with Gasteiger partial charge in [0.1, 0.15) is 0 Å². The molecule has 0 heterocycles. The second-order valence-corrected chi connectivity index (χ2v) is 3.64. The van der Waals surface area contributed by atoms with E-state index in [9.17, 15) is 4.79 Å². The van der Waals surface area contributed by atoms with Crippen LogP contribution in [0.1, 0.15) is 17.9 Å². The van der Waals surface area contributed by atoms with Crippen molar-refractivity contribution in [3.8, 4) is 6.07 Å². The van der Waals surface area contributed by atoms with Crippen molar-refractivity contribution >= 4 is 5.91 Å².